The van der Waals surface area contributed by atoms with Gasteiger partial charge >= 0.3 is 5.97 Å². The number of benzene rings is 1. The standard InChI is InChI=1S/C13H18ClNO2/c1-13(2,3)4-5-17-12(16)9-6-10(14)8-11(15)7-9/h6-8H,4-5,15H2,1-3H3. The van der Waals surface area contributed by atoms with Gasteiger partial charge in [0.1, 0.15) is 0 Å². The van der Waals surface area contributed by atoms with Gasteiger partial charge in [-0.05, 0) is 30.0 Å². The lowest BCUT2D eigenvalue weighted by atomic mass is 9.93. The zero-order valence-electron chi connectivity index (χ0n) is 10.4. The van der Waals surface area contributed by atoms with Gasteiger partial charge < -0.3 is 10.5 Å². The number of hydrogen-bond donors (Lipinski definition) is 1. The lowest BCUT2D eigenvalue weighted by Gasteiger charge is -2.17. The van der Waals surface area contributed by atoms with E-state index in [0.29, 0.717) is 22.9 Å². The fourth-order valence-electron chi connectivity index (χ4n) is 1.26. The van der Waals surface area contributed by atoms with Crippen molar-refractivity contribution in [3.05, 3.63) is 28.8 Å². The number of esters is 1. The van der Waals surface area contributed by atoms with Crippen LogP contribution in [0.2, 0.25) is 5.02 Å². The Morgan fingerprint density at radius 2 is 2.00 bits per heavy atom. The summed E-state index contributed by atoms with van der Waals surface area (Å²) in [6.45, 7) is 6.68. The van der Waals surface area contributed by atoms with Crippen LogP contribution in [-0.2, 0) is 4.74 Å². The second-order valence-electron chi connectivity index (χ2n) is 5.22. The SMILES string of the molecule is CC(C)(C)CCOC(=O)c1cc(N)cc(Cl)c1. The normalized spacial score (nSPS) is 11.3. The first-order valence-electron chi connectivity index (χ1n) is 5.51. The Balaban J connectivity index is 2.58. The number of rotatable bonds is 3. The summed E-state index contributed by atoms with van der Waals surface area (Å²) in [5.41, 5.74) is 6.60. The first-order valence-corrected chi connectivity index (χ1v) is 5.89. The lowest BCUT2D eigenvalue weighted by Crippen LogP contribution is -2.13. The fraction of sp³-hybridized carbons (Fsp3) is 0.462. The molecule has 94 valence electrons. The molecule has 0 bridgehead atoms. The highest BCUT2D eigenvalue weighted by Gasteiger charge is 2.13. The number of anilines is 1. The van der Waals surface area contributed by atoms with E-state index < -0.39 is 0 Å². The smallest absolute Gasteiger partial charge is 0.338 e. The third kappa shape index (κ3) is 5.09. The van der Waals surface area contributed by atoms with Crippen molar-refractivity contribution in [2.45, 2.75) is 27.2 Å². The minimum absolute atomic E-state index is 0.146. The summed E-state index contributed by atoms with van der Waals surface area (Å²) in [6, 6.07) is 4.70. The van der Waals surface area contributed by atoms with E-state index in [2.05, 4.69) is 20.8 Å². The second kappa shape index (κ2) is 5.41. The molecule has 0 spiro atoms. The Hall–Kier alpha value is -1.22. The van der Waals surface area contributed by atoms with Crippen LogP contribution >= 0.6 is 11.6 Å². The minimum atomic E-state index is -0.386. The van der Waals surface area contributed by atoms with Crippen molar-refractivity contribution >= 4 is 23.3 Å². The summed E-state index contributed by atoms with van der Waals surface area (Å²) in [6.07, 6.45) is 0.814. The number of carbonyl (C=O) groups excluding carboxylic acids is 1. The summed E-state index contributed by atoms with van der Waals surface area (Å²) in [7, 11) is 0. The van der Waals surface area contributed by atoms with Gasteiger partial charge in [-0.3, -0.25) is 0 Å². The molecular weight excluding hydrogens is 238 g/mol. The van der Waals surface area contributed by atoms with Crippen molar-refractivity contribution in [3.8, 4) is 0 Å². The van der Waals surface area contributed by atoms with Crippen molar-refractivity contribution in [2.24, 2.45) is 5.41 Å². The monoisotopic (exact) mass is 255 g/mol. The summed E-state index contributed by atoms with van der Waals surface area (Å²) in [5, 5.41) is 0.438. The lowest BCUT2D eigenvalue weighted by molar-refractivity contribution is 0.0465. The van der Waals surface area contributed by atoms with Crippen LogP contribution in [0, 0.1) is 5.41 Å². The maximum absolute atomic E-state index is 11.7. The quantitative estimate of drug-likeness (QED) is 0.664. The molecule has 0 aliphatic rings. The molecule has 2 N–H and O–H groups in total. The van der Waals surface area contributed by atoms with Crippen LogP contribution in [0.3, 0.4) is 0 Å². The molecule has 0 saturated heterocycles. The van der Waals surface area contributed by atoms with Crippen LogP contribution in [0.15, 0.2) is 18.2 Å². The molecule has 0 amide bonds. The summed E-state index contributed by atoms with van der Waals surface area (Å²) < 4.78 is 5.16. The molecule has 0 aliphatic heterocycles. The number of carbonyl (C=O) groups is 1. The zero-order chi connectivity index (χ0) is 13.1. The number of hydrogen-bond acceptors (Lipinski definition) is 3. The van der Waals surface area contributed by atoms with Crippen molar-refractivity contribution in [1.82, 2.24) is 0 Å². The Kier molecular flexibility index (Phi) is 4.40. The fourth-order valence-corrected chi connectivity index (χ4v) is 1.51. The van der Waals surface area contributed by atoms with Gasteiger partial charge in [0.25, 0.3) is 0 Å². The summed E-state index contributed by atoms with van der Waals surface area (Å²) in [5.74, 6) is -0.386. The van der Waals surface area contributed by atoms with Crippen LogP contribution in [0.4, 0.5) is 5.69 Å². The van der Waals surface area contributed by atoms with Gasteiger partial charge in [0, 0.05) is 10.7 Å². The third-order valence-corrected chi connectivity index (χ3v) is 2.46. The maximum Gasteiger partial charge on any atom is 0.338 e. The van der Waals surface area contributed by atoms with Crippen LogP contribution in [0.1, 0.15) is 37.6 Å². The summed E-state index contributed by atoms with van der Waals surface area (Å²) in [4.78, 5) is 11.7. The predicted octanol–water partition coefficient (Wildman–Crippen LogP) is 3.52. The van der Waals surface area contributed by atoms with Gasteiger partial charge in [0.15, 0.2) is 0 Å². The van der Waals surface area contributed by atoms with E-state index in [1.807, 2.05) is 0 Å². The molecule has 4 heteroatoms. The van der Waals surface area contributed by atoms with Crippen molar-refractivity contribution in [2.75, 3.05) is 12.3 Å². The Labute approximate surface area is 107 Å². The molecule has 1 rings (SSSR count). The van der Waals surface area contributed by atoms with E-state index >= 15 is 0 Å². The van der Waals surface area contributed by atoms with Crippen LogP contribution in [0.25, 0.3) is 0 Å². The van der Waals surface area contributed by atoms with Crippen LogP contribution < -0.4 is 5.73 Å². The van der Waals surface area contributed by atoms with Gasteiger partial charge in [-0.1, -0.05) is 32.4 Å². The Morgan fingerprint density at radius 3 is 2.53 bits per heavy atom. The van der Waals surface area contributed by atoms with E-state index in [9.17, 15) is 4.79 Å². The molecule has 0 aliphatic carbocycles. The molecule has 0 aromatic heterocycles. The van der Waals surface area contributed by atoms with E-state index in [1.165, 1.54) is 0 Å². The Morgan fingerprint density at radius 1 is 1.35 bits per heavy atom. The molecule has 0 atom stereocenters. The molecule has 0 heterocycles. The minimum Gasteiger partial charge on any atom is -0.462 e. The van der Waals surface area contributed by atoms with Gasteiger partial charge in [-0.2, -0.15) is 0 Å². The number of nitrogens with two attached hydrogens (primary N) is 1. The van der Waals surface area contributed by atoms with Gasteiger partial charge in [-0.15, -0.1) is 0 Å². The van der Waals surface area contributed by atoms with Gasteiger partial charge in [0.05, 0.1) is 12.2 Å². The van der Waals surface area contributed by atoms with Gasteiger partial charge in [-0.25, -0.2) is 4.79 Å². The van der Waals surface area contributed by atoms with E-state index in [-0.39, 0.29) is 11.4 Å². The topological polar surface area (TPSA) is 52.3 Å². The van der Waals surface area contributed by atoms with E-state index in [1.54, 1.807) is 18.2 Å². The molecule has 3 nitrogen and oxygen atoms in total. The third-order valence-electron chi connectivity index (χ3n) is 2.24. The predicted molar refractivity (Wildman–Crippen MR) is 70.2 cm³/mol. The van der Waals surface area contributed by atoms with E-state index in [0.717, 1.165) is 6.42 Å². The highest BCUT2D eigenvalue weighted by Crippen LogP contribution is 2.20. The van der Waals surface area contributed by atoms with Crippen molar-refractivity contribution in [1.29, 1.82) is 0 Å². The van der Waals surface area contributed by atoms with Gasteiger partial charge in [0.2, 0.25) is 0 Å². The summed E-state index contributed by atoms with van der Waals surface area (Å²) >= 11 is 5.81. The molecule has 0 unspecified atom stereocenters. The number of ether oxygens (including phenoxy) is 1. The second-order valence-corrected chi connectivity index (χ2v) is 5.66. The first-order chi connectivity index (χ1) is 7.78. The number of halogens is 1. The van der Waals surface area contributed by atoms with Crippen LogP contribution in [0.5, 0.6) is 0 Å². The average Bonchev–Trinajstić information content (AvgIpc) is 2.13. The van der Waals surface area contributed by atoms with E-state index in [4.69, 9.17) is 22.1 Å². The molecule has 0 fully saturated rings. The van der Waals surface area contributed by atoms with Crippen molar-refractivity contribution in [3.63, 3.8) is 0 Å². The number of nitrogen functional groups attached to an aromatic ring is 1. The average molecular weight is 256 g/mol. The molecule has 1 aromatic carbocycles. The molecule has 1 aromatic rings. The maximum atomic E-state index is 11.7. The zero-order valence-corrected chi connectivity index (χ0v) is 11.2. The molecule has 0 radical (unpaired) electrons. The molecular formula is C13H18ClNO2. The van der Waals surface area contributed by atoms with Crippen LogP contribution in [-0.4, -0.2) is 12.6 Å². The van der Waals surface area contributed by atoms with Crippen molar-refractivity contribution < 1.29 is 9.53 Å². The Bertz CT molecular complexity index is 390. The highest BCUT2D eigenvalue weighted by molar-refractivity contribution is 6.31. The largest absolute Gasteiger partial charge is 0.462 e. The molecule has 17 heavy (non-hydrogen) atoms. The highest BCUT2D eigenvalue weighted by atomic mass is 35.5. The first kappa shape index (κ1) is 13.8. The molecule has 0 saturated carbocycles.